The van der Waals surface area contributed by atoms with Gasteiger partial charge in [-0.25, -0.2) is 0 Å². The van der Waals surface area contributed by atoms with Gasteiger partial charge < -0.3 is 4.90 Å². The number of thiocarbonyl (C=S) groups is 1. The fourth-order valence-electron chi connectivity index (χ4n) is 2.61. The second-order valence-electron chi connectivity index (χ2n) is 6.44. The molecule has 4 nitrogen and oxygen atoms in total. The van der Waals surface area contributed by atoms with E-state index in [1.54, 1.807) is 6.20 Å². The van der Waals surface area contributed by atoms with Crippen LogP contribution in [0.2, 0.25) is 0 Å². The molecule has 0 aliphatic carbocycles. The fourth-order valence-corrected chi connectivity index (χ4v) is 2.84. The van der Waals surface area contributed by atoms with Gasteiger partial charge in [-0.1, -0.05) is 58.4 Å². The molecule has 0 amide bonds. The predicted molar refractivity (Wildman–Crippen MR) is 118 cm³/mol. The molecule has 0 aliphatic rings. The van der Waals surface area contributed by atoms with E-state index in [0.717, 1.165) is 29.6 Å². The van der Waals surface area contributed by atoms with Crippen LogP contribution in [0.5, 0.6) is 0 Å². The number of nitrogens with zero attached hydrogens (tertiary/aromatic N) is 3. The van der Waals surface area contributed by atoms with Crippen molar-refractivity contribution in [1.29, 1.82) is 0 Å². The molecule has 1 N–H and O–H groups in total. The number of hydrazone groups is 1. The molecule has 7 heteroatoms. The van der Waals surface area contributed by atoms with Crippen molar-refractivity contribution in [2.24, 2.45) is 5.10 Å². The first-order chi connectivity index (χ1) is 13.2. The monoisotopic (exact) mass is 460 g/mol. The van der Waals surface area contributed by atoms with E-state index in [-0.39, 0.29) is 0 Å². The van der Waals surface area contributed by atoms with Crippen LogP contribution < -0.4 is 5.43 Å². The first-order valence-electron chi connectivity index (χ1n) is 9.81. The quantitative estimate of drug-likeness (QED) is 0.140. The molecule has 0 bridgehead atoms. The molecule has 157 valence electrons. The van der Waals surface area contributed by atoms with Crippen LogP contribution in [-0.2, 0) is 15.1 Å². The van der Waals surface area contributed by atoms with Crippen molar-refractivity contribution in [3.05, 3.63) is 30.1 Å². The summed E-state index contributed by atoms with van der Waals surface area (Å²) in [6, 6.07) is 5.83. The standard InChI is InChI=1S/C20H34N4S.ClH.Cu/c1-4-6-8-12-16-24(17-13-9-7-5-2)20(25)23-22-18(3)19-14-10-11-15-21-19;;/h10-11,14-15H,4-9,12-13,16-17H2,1-3H3,(H,23,25);1H;/q;;+2/p-1. The zero-order valence-electron chi connectivity index (χ0n) is 16.8. The zero-order chi connectivity index (χ0) is 20.3. The average Bonchev–Trinajstić information content (AvgIpc) is 2.72. The molecule has 0 unspecified atom stereocenters. The zero-order valence-corrected chi connectivity index (χ0v) is 19.3. The number of halogens is 1. The molecule has 1 aromatic rings. The summed E-state index contributed by atoms with van der Waals surface area (Å²) in [5.74, 6) is 0. The Hall–Kier alpha value is -0.681. The molecular weight excluding hydrogens is 427 g/mol. The molecule has 27 heavy (non-hydrogen) atoms. The molecule has 0 aliphatic heterocycles. The summed E-state index contributed by atoms with van der Waals surface area (Å²) in [6.45, 7) is 8.45. The molecule has 0 spiro atoms. The van der Waals surface area contributed by atoms with Gasteiger partial charge in [0.05, 0.1) is 11.4 Å². The normalized spacial score (nSPS) is 10.8. The maximum atomic E-state index is 5.59. The number of hydrogen-bond acceptors (Lipinski definition) is 3. The topological polar surface area (TPSA) is 40.5 Å². The second kappa shape index (κ2) is 18.7. The van der Waals surface area contributed by atoms with Crippen molar-refractivity contribution in [1.82, 2.24) is 15.3 Å². The SMILES string of the molecule is CCCCCCN(CCCCCC)C(=S)NN=C(C)c1ccccn1.[Cl][Cu+]. The van der Waals surface area contributed by atoms with Crippen LogP contribution in [0.3, 0.4) is 0 Å². The van der Waals surface area contributed by atoms with E-state index in [1.165, 1.54) is 51.4 Å². The molecular formula is C20H34ClCuN4S+. The van der Waals surface area contributed by atoms with Gasteiger partial charge in [-0.2, -0.15) is 5.10 Å². The fraction of sp³-hybridized carbons (Fsp3) is 0.650. The van der Waals surface area contributed by atoms with Crippen molar-refractivity contribution in [3.8, 4) is 0 Å². The molecule has 1 rings (SSSR count). The predicted octanol–water partition coefficient (Wildman–Crippen LogP) is 5.83. The van der Waals surface area contributed by atoms with Gasteiger partial charge in [0.1, 0.15) is 0 Å². The van der Waals surface area contributed by atoms with E-state index in [4.69, 9.17) is 12.2 Å². The number of aromatic nitrogens is 1. The van der Waals surface area contributed by atoms with Crippen LogP contribution in [0, 0.1) is 0 Å². The summed E-state index contributed by atoms with van der Waals surface area (Å²) in [7, 11) is 4.20. The van der Waals surface area contributed by atoms with E-state index in [2.05, 4.69) is 59.5 Å². The number of nitrogens with one attached hydrogen (secondary N) is 1. The number of pyridine rings is 1. The Morgan fingerprint density at radius 2 is 1.67 bits per heavy atom. The van der Waals surface area contributed by atoms with Gasteiger partial charge in [-0.05, 0) is 44.1 Å². The molecule has 1 aromatic heterocycles. The van der Waals surface area contributed by atoms with Crippen LogP contribution in [0.1, 0.15) is 77.8 Å². The summed E-state index contributed by atoms with van der Waals surface area (Å²) in [5.41, 5.74) is 4.79. The number of hydrogen-bond donors (Lipinski definition) is 1. The van der Waals surface area contributed by atoms with Crippen LogP contribution in [0.15, 0.2) is 29.5 Å². The Bertz CT molecular complexity index is 502. The van der Waals surface area contributed by atoms with E-state index in [0.29, 0.717) is 0 Å². The van der Waals surface area contributed by atoms with Gasteiger partial charge in [0.25, 0.3) is 0 Å². The minimum absolute atomic E-state index is 0.725. The van der Waals surface area contributed by atoms with Crippen molar-refractivity contribution < 1.29 is 15.1 Å². The van der Waals surface area contributed by atoms with Crippen LogP contribution >= 0.6 is 22.3 Å². The maximum absolute atomic E-state index is 5.59. The third-order valence-corrected chi connectivity index (χ3v) is 4.55. The average molecular weight is 462 g/mol. The van der Waals surface area contributed by atoms with E-state index < -0.39 is 0 Å². The van der Waals surface area contributed by atoms with E-state index >= 15 is 0 Å². The van der Waals surface area contributed by atoms with Crippen LogP contribution in [-0.4, -0.2) is 33.8 Å². The van der Waals surface area contributed by atoms with E-state index in [1.807, 2.05) is 25.1 Å². The Balaban J connectivity index is 0.00000326. The van der Waals surface area contributed by atoms with Crippen molar-refractivity contribution >= 4 is 33.1 Å². The Labute approximate surface area is 183 Å². The molecule has 0 fully saturated rings. The summed E-state index contributed by atoms with van der Waals surface area (Å²) < 4.78 is 0. The van der Waals surface area contributed by atoms with E-state index in [9.17, 15) is 0 Å². The Kier molecular flexibility index (Phi) is 18.2. The summed E-state index contributed by atoms with van der Waals surface area (Å²) in [5, 5.41) is 5.15. The third-order valence-electron chi connectivity index (χ3n) is 4.21. The molecule has 0 saturated heterocycles. The molecule has 0 atom stereocenters. The first kappa shape index (κ1) is 26.3. The Morgan fingerprint density at radius 3 is 2.15 bits per heavy atom. The van der Waals surface area contributed by atoms with Crippen molar-refractivity contribution in [2.45, 2.75) is 72.1 Å². The summed E-state index contributed by atoms with van der Waals surface area (Å²) >= 11 is 9.25. The molecule has 0 radical (unpaired) electrons. The van der Waals surface area contributed by atoms with Gasteiger partial charge in [-0.15, -0.1) is 0 Å². The minimum atomic E-state index is 0.725. The van der Waals surface area contributed by atoms with Crippen molar-refractivity contribution in [3.63, 3.8) is 0 Å². The molecule has 0 aromatic carbocycles. The van der Waals surface area contributed by atoms with Crippen molar-refractivity contribution in [2.75, 3.05) is 13.1 Å². The first-order valence-corrected chi connectivity index (χ1v) is 11.5. The number of rotatable bonds is 12. The van der Waals surface area contributed by atoms with Gasteiger partial charge >= 0.3 is 25.2 Å². The van der Waals surface area contributed by atoms with Gasteiger partial charge in [0.15, 0.2) is 5.11 Å². The number of unbranched alkanes of at least 4 members (excludes halogenated alkanes) is 6. The molecule has 1 heterocycles. The summed E-state index contributed by atoms with van der Waals surface area (Å²) in [4.78, 5) is 6.59. The van der Waals surface area contributed by atoms with Crippen LogP contribution in [0.25, 0.3) is 0 Å². The van der Waals surface area contributed by atoms with Gasteiger partial charge in [-0.3, -0.25) is 10.4 Å². The molecule has 0 saturated carbocycles. The van der Waals surface area contributed by atoms with Gasteiger partial charge in [0, 0.05) is 19.3 Å². The third kappa shape index (κ3) is 13.2. The summed E-state index contributed by atoms with van der Waals surface area (Å²) in [6.07, 6.45) is 11.8. The van der Waals surface area contributed by atoms with Crippen LogP contribution in [0.4, 0.5) is 0 Å². The van der Waals surface area contributed by atoms with Gasteiger partial charge in [0.2, 0.25) is 0 Å². The second-order valence-corrected chi connectivity index (χ2v) is 6.82. The Morgan fingerprint density at radius 1 is 1.07 bits per heavy atom.